The second-order valence-electron chi connectivity index (χ2n) is 10.4. The third-order valence-electron chi connectivity index (χ3n) is 6.93. The molecule has 198 valence electrons. The van der Waals surface area contributed by atoms with Crippen molar-refractivity contribution in [1.29, 1.82) is 0 Å². The number of nitrogens with zero attached hydrogens (tertiary/aromatic N) is 2. The molecule has 0 aliphatic carbocycles. The van der Waals surface area contributed by atoms with E-state index in [2.05, 4.69) is 15.3 Å². The second-order valence-corrected chi connectivity index (χ2v) is 10.4. The van der Waals surface area contributed by atoms with Crippen molar-refractivity contribution in [3.63, 3.8) is 0 Å². The molecule has 0 spiro atoms. The topological polar surface area (TPSA) is 81.2 Å². The zero-order valence-corrected chi connectivity index (χ0v) is 21.4. The van der Waals surface area contributed by atoms with E-state index in [9.17, 15) is 9.18 Å². The van der Waals surface area contributed by atoms with Crippen molar-refractivity contribution in [2.45, 2.75) is 51.6 Å². The number of H-pyrrole nitrogens is 1. The SMILES string of the molecule is C[C@@H]1Cc2c([nH]c3ccccc23)[C@@H](c2c(F)cc(NC(=O)c3ccc(CO)cn3)cc2F)N1CC(C)(C)F. The number of carbonyl (C=O) groups excluding carboxylic acids is 1. The fourth-order valence-electron chi connectivity index (χ4n) is 5.26. The molecule has 0 fully saturated rings. The molecule has 2 aromatic carbocycles. The molecule has 0 saturated carbocycles. The largest absolute Gasteiger partial charge is 0.392 e. The van der Waals surface area contributed by atoms with Gasteiger partial charge in [0.25, 0.3) is 5.91 Å². The number of alkyl halides is 1. The number of hydrogen-bond acceptors (Lipinski definition) is 4. The van der Waals surface area contributed by atoms with Crippen molar-refractivity contribution in [3.8, 4) is 0 Å². The summed E-state index contributed by atoms with van der Waals surface area (Å²) in [4.78, 5) is 21.7. The van der Waals surface area contributed by atoms with Crippen LogP contribution in [0.4, 0.5) is 18.9 Å². The fraction of sp³-hybridized carbons (Fsp3) is 0.310. The minimum Gasteiger partial charge on any atom is -0.392 e. The molecular formula is C29H29F3N4O2. The lowest BCUT2D eigenvalue weighted by Crippen LogP contribution is -2.48. The van der Waals surface area contributed by atoms with Crippen molar-refractivity contribution in [2.24, 2.45) is 0 Å². The van der Waals surface area contributed by atoms with Gasteiger partial charge in [0, 0.05) is 46.6 Å². The highest BCUT2D eigenvalue weighted by atomic mass is 19.1. The van der Waals surface area contributed by atoms with Gasteiger partial charge in [-0.2, -0.15) is 0 Å². The highest BCUT2D eigenvalue weighted by Gasteiger charge is 2.41. The molecule has 0 bridgehead atoms. The second kappa shape index (κ2) is 9.89. The van der Waals surface area contributed by atoms with Crippen LogP contribution in [-0.2, 0) is 13.0 Å². The van der Waals surface area contributed by atoms with E-state index >= 15 is 8.78 Å². The number of aliphatic hydroxyl groups is 1. The molecule has 0 saturated heterocycles. The minimum absolute atomic E-state index is 0.0273. The molecule has 1 amide bonds. The van der Waals surface area contributed by atoms with E-state index in [1.54, 1.807) is 4.90 Å². The molecule has 5 rings (SSSR count). The Labute approximate surface area is 218 Å². The normalized spacial score (nSPS) is 18.0. The summed E-state index contributed by atoms with van der Waals surface area (Å²) in [5.41, 5.74) is 1.12. The van der Waals surface area contributed by atoms with Gasteiger partial charge in [-0.1, -0.05) is 24.3 Å². The average molecular weight is 523 g/mol. The number of aromatic amines is 1. The third kappa shape index (κ3) is 4.91. The quantitative estimate of drug-likeness (QED) is 0.305. The highest BCUT2D eigenvalue weighted by Crippen LogP contribution is 2.43. The maximum atomic E-state index is 15.8. The summed E-state index contributed by atoms with van der Waals surface area (Å²) >= 11 is 0. The Kier molecular flexibility index (Phi) is 6.75. The van der Waals surface area contributed by atoms with Crippen LogP contribution in [0.3, 0.4) is 0 Å². The number of amides is 1. The Balaban J connectivity index is 1.56. The molecule has 6 nitrogen and oxygen atoms in total. The molecule has 3 N–H and O–H groups in total. The van der Waals surface area contributed by atoms with Crippen LogP contribution in [0.15, 0.2) is 54.7 Å². The Morgan fingerprint density at radius 3 is 2.53 bits per heavy atom. The monoisotopic (exact) mass is 522 g/mol. The number of halogens is 3. The van der Waals surface area contributed by atoms with Gasteiger partial charge < -0.3 is 15.4 Å². The van der Waals surface area contributed by atoms with Crippen molar-refractivity contribution >= 4 is 22.5 Å². The van der Waals surface area contributed by atoms with Crippen molar-refractivity contribution in [3.05, 3.63) is 94.4 Å². The number of para-hydroxylation sites is 1. The smallest absolute Gasteiger partial charge is 0.274 e. The van der Waals surface area contributed by atoms with Crippen molar-refractivity contribution < 1.29 is 23.1 Å². The van der Waals surface area contributed by atoms with Crippen LogP contribution >= 0.6 is 0 Å². The Bertz CT molecular complexity index is 1470. The lowest BCUT2D eigenvalue weighted by atomic mass is 9.87. The lowest BCUT2D eigenvalue weighted by Gasteiger charge is -2.43. The van der Waals surface area contributed by atoms with E-state index in [0.29, 0.717) is 17.7 Å². The Morgan fingerprint density at radius 2 is 1.89 bits per heavy atom. The number of aliphatic hydroxyl groups excluding tert-OH is 1. The first-order valence-corrected chi connectivity index (χ1v) is 12.5. The van der Waals surface area contributed by atoms with Crippen LogP contribution in [0.5, 0.6) is 0 Å². The third-order valence-corrected chi connectivity index (χ3v) is 6.93. The van der Waals surface area contributed by atoms with Gasteiger partial charge in [-0.25, -0.2) is 13.2 Å². The summed E-state index contributed by atoms with van der Waals surface area (Å²) in [6.45, 7) is 4.58. The first-order chi connectivity index (χ1) is 18.1. The molecular weight excluding hydrogens is 493 g/mol. The molecule has 9 heteroatoms. The number of carbonyl (C=O) groups is 1. The molecule has 38 heavy (non-hydrogen) atoms. The van der Waals surface area contributed by atoms with Gasteiger partial charge >= 0.3 is 0 Å². The van der Waals surface area contributed by atoms with Crippen LogP contribution in [0.25, 0.3) is 10.9 Å². The average Bonchev–Trinajstić information content (AvgIpc) is 3.22. The van der Waals surface area contributed by atoms with Crippen molar-refractivity contribution in [1.82, 2.24) is 14.9 Å². The van der Waals surface area contributed by atoms with E-state index < -0.39 is 29.3 Å². The number of benzene rings is 2. The van der Waals surface area contributed by atoms with Crippen LogP contribution < -0.4 is 5.32 Å². The van der Waals surface area contributed by atoms with E-state index in [0.717, 1.165) is 28.6 Å². The molecule has 1 aliphatic heterocycles. The number of aromatic nitrogens is 2. The zero-order valence-electron chi connectivity index (χ0n) is 21.4. The van der Waals surface area contributed by atoms with E-state index in [-0.39, 0.29) is 36.1 Å². The number of fused-ring (bicyclic) bond motifs is 3. The van der Waals surface area contributed by atoms with Crippen LogP contribution in [0.1, 0.15) is 59.7 Å². The first kappa shape index (κ1) is 25.9. The summed E-state index contributed by atoms with van der Waals surface area (Å²) in [6.07, 6.45) is 1.95. The summed E-state index contributed by atoms with van der Waals surface area (Å²) in [6, 6.07) is 11.7. The molecule has 3 heterocycles. The predicted molar refractivity (Wildman–Crippen MR) is 140 cm³/mol. The Morgan fingerprint density at radius 1 is 1.18 bits per heavy atom. The van der Waals surface area contributed by atoms with Crippen LogP contribution in [-0.4, -0.2) is 44.1 Å². The zero-order chi connectivity index (χ0) is 27.2. The van der Waals surface area contributed by atoms with E-state index in [1.165, 1.54) is 32.2 Å². The molecule has 2 aromatic heterocycles. The first-order valence-electron chi connectivity index (χ1n) is 12.5. The molecule has 2 atom stereocenters. The van der Waals surface area contributed by atoms with Crippen LogP contribution in [0, 0.1) is 11.6 Å². The number of rotatable bonds is 6. The molecule has 4 aromatic rings. The maximum Gasteiger partial charge on any atom is 0.274 e. The van der Waals surface area contributed by atoms with Crippen molar-refractivity contribution in [2.75, 3.05) is 11.9 Å². The Hall–Kier alpha value is -3.69. The van der Waals surface area contributed by atoms with Gasteiger partial charge in [0.05, 0.1) is 12.6 Å². The van der Waals surface area contributed by atoms with Crippen LogP contribution in [0.2, 0.25) is 0 Å². The molecule has 0 unspecified atom stereocenters. The highest BCUT2D eigenvalue weighted by molar-refractivity contribution is 6.02. The van der Waals surface area contributed by atoms with Gasteiger partial charge in [0.15, 0.2) is 0 Å². The van der Waals surface area contributed by atoms with E-state index in [4.69, 9.17) is 5.11 Å². The predicted octanol–water partition coefficient (Wildman–Crippen LogP) is 5.67. The molecule has 1 aliphatic rings. The number of pyridine rings is 1. The number of hydrogen-bond donors (Lipinski definition) is 3. The standard InChI is InChI=1S/C29H29F3N4O2/c1-16-10-20-19-6-4-5-7-23(19)35-26(20)27(36(16)15-29(2,3)32)25-21(30)11-18(12-22(25)31)34-28(38)24-9-8-17(14-37)13-33-24/h4-9,11-13,16,27,35,37H,10,14-15H2,1-3H3,(H,34,38)/t16-,27-/m1/s1. The number of anilines is 1. The van der Waals surface area contributed by atoms with Gasteiger partial charge in [-0.3, -0.25) is 14.7 Å². The molecule has 0 radical (unpaired) electrons. The van der Waals surface area contributed by atoms with E-state index in [1.807, 2.05) is 31.2 Å². The van der Waals surface area contributed by atoms with Gasteiger partial charge in [0.1, 0.15) is 23.0 Å². The fourth-order valence-corrected chi connectivity index (χ4v) is 5.26. The lowest BCUT2D eigenvalue weighted by molar-refractivity contribution is 0.0643. The summed E-state index contributed by atoms with van der Waals surface area (Å²) in [5, 5.41) is 12.6. The summed E-state index contributed by atoms with van der Waals surface area (Å²) in [5.74, 6) is -2.35. The summed E-state index contributed by atoms with van der Waals surface area (Å²) < 4.78 is 46.4. The van der Waals surface area contributed by atoms with Gasteiger partial charge in [0.2, 0.25) is 0 Å². The van der Waals surface area contributed by atoms with Gasteiger partial charge in [-0.05, 0) is 62.6 Å². The minimum atomic E-state index is -1.60. The summed E-state index contributed by atoms with van der Waals surface area (Å²) in [7, 11) is 0. The van der Waals surface area contributed by atoms with Gasteiger partial charge in [-0.15, -0.1) is 0 Å². The number of nitrogens with one attached hydrogen (secondary N) is 2. The maximum absolute atomic E-state index is 15.8.